The Kier molecular flexibility index (Phi) is 7.12. The van der Waals surface area contributed by atoms with Crippen molar-refractivity contribution in [2.24, 2.45) is 0 Å². The highest BCUT2D eigenvalue weighted by molar-refractivity contribution is 5.96. The van der Waals surface area contributed by atoms with Crippen molar-refractivity contribution in [2.75, 3.05) is 13.2 Å². The van der Waals surface area contributed by atoms with E-state index < -0.39 is 53.0 Å². The van der Waals surface area contributed by atoms with Crippen LogP contribution >= 0.6 is 0 Å². The molecule has 0 spiro atoms. The maximum atomic E-state index is 13.5. The topological polar surface area (TPSA) is 140 Å². The highest BCUT2D eigenvalue weighted by atomic mass is 19.1. The quantitative estimate of drug-likeness (QED) is 0.458. The standard InChI is InChI=1S/C17H14F2N4O6/c18-10-5-6-11(12(19)7-10)17(26)20-8-15(24)21-22-16(25)9-29-14-4-2-1-3-13(14)23(27)28/h1-7H,8-9H2,(H,20,26)(H,21,24)(H,22,25). The first-order chi connectivity index (χ1) is 13.8. The second-order valence-corrected chi connectivity index (χ2v) is 5.42. The van der Waals surface area contributed by atoms with E-state index in [1.54, 1.807) is 0 Å². The molecule has 0 aliphatic carbocycles. The Hall–Kier alpha value is -4.09. The number of carbonyl (C=O) groups excluding carboxylic acids is 3. The highest BCUT2D eigenvalue weighted by Crippen LogP contribution is 2.25. The van der Waals surface area contributed by atoms with Gasteiger partial charge in [0.2, 0.25) is 0 Å². The maximum absolute atomic E-state index is 13.5. The van der Waals surface area contributed by atoms with Gasteiger partial charge in [-0.1, -0.05) is 12.1 Å². The molecule has 10 nitrogen and oxygen atoms in total. The third-order valence-electron chi connectivity index (χ3n) is 3.35. The fourth-order valence-corrected chi connectivity index (χ4v) is 2.02. The second kappa shape index (κ2) is 9.73. The zero-order chi connectivity index (χ0) is 21.4. The Morgan fingerprint density at radius 3 is 2.41 bits per heavy atom. The van der Waals surface area contributed by atoms with Gasteiger partial charge in [-0.05, 0) is 18.2 Å². The van der Waals surface area contributed by atoms with Gasteiger partial charge in [0.05, 0.1) is 17.0 Å². The molecule has 0 atom stereocenters. The first-order valence-electron chi connectivity index (χ1n) is 7.95. The molecular formula is C17H14F2N4O6. The summed E-state index contributed by atoms with van der Waals surface area (Å²) in [5.74, 6) is -4.71. The molecule has 2 aromatic carbocycles. The Bertz CT molecular complexity index is 953. The molecule has 0 bridgehead atoms. The van der Waals surface area contributed by atoms with Crippen molar-refractivity contribution >= 4 is 23.4 Å². The fraction of sp³-hybridized carbons (Fsp3) is 0.118. The zero-order valence-electron chi connectivity index (χ0n) is 14.6. The summed E-state index contributed by atoms with van der Waals surface area (Å²) in [6, 6.07) is 7.73. The smallest absolute Gasteiger partial charge is 0.310 e. The van der Waals surface area contributed by atoms with Crippen LogP contribution in [0.3, 0.4) is 0 Å². The Balaban J connectivity index is 1.75. The van der Waals surface area contributed by atoms with Crippen molar-refractivity contribution in [3.63, 3.8) is 0 Å². The Labute approximate surface area is 162 Å². The number of nitrogens with zero attached hydrogens (tertiary/aromatic N) is 1. The van der Waals surface area contributed by atoms with E-state index in [1.807, 2.05) is 10.9 Å². The molecule has 0 radical (unpaired) electrons. The molecule has 0 saturated carbocycles. The summed E-state index contributed by atoms with van der Waals surface area (Å²) >= 11 is 0. The van der Waals surface area contributed by atoms with Gasteiger partial charge in [0.15, 0.2) is 12.4 Å². The van der Waals surface area contributed by atoms with Gasteiger partial charge in [-0.25, -0.2) is 8.78 Å². The predicted octanol–water partition coefficient (Wildman–Crippen LogP) is 0.829. The van der Waals surface area contributed by atoms with Crippen molar-refractivity contribution in [2.45, 2.75) is 0 Å². The molecule has 3 N–H and O–H groups in total. The molecule has 0 aliphatic heterocycles. The van der Waals surface area contributed by atoms with Crippen LogP contribution in [0.2, 0.25) is 0 Å². The van der Waals surface area contributed by atoms with Crippen molar-refractivity contribution in [3.8, 4) is 5.75 Å². The summed E-state index contributed by atoms with van der Waals surface area (Å²) in [5.41, 5.74) is 3.15. The summed E-state index contributed by atoms with van der Waals surface area (Å²) in [4.78, 5) is 45.2. The van der Waals surface area contributed by atoms with Crippen LogP contribution in [0.4, 0.5) is 14.5 Å². The lowest BCUT2D eigenvalue weighted by Gasteiger charge is -2.10. The molecule has 0 aromatic heterocycles. The molecule has 2 aromatic rings. The van der Waals surface area contributed by atoms with E-state index in [4.69, 9.17) is 4.74 Å². The molecule has 0 fully saturated rings. The van der Waals surface area contributed by atoms with Gasteiger partial charge in [0.25, 0.3) is 17.7 Å². The molecular weight excluding hydrogens is 394 g/mol. The lowest BCUT2D eigenvalue weighted by Crippen LogP contribution is -2.47. The number of nitro benzene ring substituents is 1. The highest BCUT2D eigenvalue weighted by Gasteiger charge is 2.16. The number of benzene rings is 2. The van der Waals surface area contributed by atoms with Crippen molar-refractivity contribution in [3.05, 3.63) is 69.8 Å². The van der Waals surface area contributed by atoms with E-state index >= 15 is 0 Å². The molecule has 29 heavy (non-hydrogen) atoms. The van der Waals surface area contributed by atoms with Gasteiger partial charge < -0.3 is 10.1 Å². The molecule has 152 valence electrons. The number of halogens is 2. The monoisotopic (exact) mass is 408 g/mol. The van der Waals surface area contributed by atoms with E-state index in [0.717, 1.165) is 12.1 Å². The first-order valence-corrected chi connectivity index (χ1v) is 7.95. The van der Waals surface area contributed by atoms with Crippen LogP contribution in [-0.4, -0.2) is 35.8 Å². The van der Waals surface area contributed by atoms with Gasteiger partial charge in [-0.3, -0.25) is 35.3 Å². The summed E-state index contributed by atoms with van der Waals surface area (Å²) in [6.45, 7) is -1.24. The maximum Gasteiger partial charge on any atom is 0.310 e. The van der Waals surface area contributed by atoms with Crippen molar-refractivity contribution in [1.29, 1.82) is 0 Å². The number of hydrazine groups is 1. The van der Waals surface area contributed by atoms with Crippen LogP contribution in [0.15, 0.2) is 42.5 Å². The Morgan fingerprint density at radius 2 is 1.72 bits per heavy atom. The minimum Gasteiger partial charge on any atom is -0.477 e. The van der Waals surface area contributed by atoms with Crippen LogP contribution < -0.4 is 20.9 Å². The average Bonchev–Trinajstić information content (AvgIpc) is 2.69. The minimum atomic E-state index is -1.09. The number of amides is 3. The van der Waals surface area contributed by atoms with Gasteiger partial charge in [-0.2, -0.15) is 0 Å². The predicted molar refractivity (Wildman–Crippen MR) is 93.6 cm³/mol. The summed E-state index contributed by atoms with van der Waals surface area (Å²) < 4.78 is 31.3. The molecule has 0 aliphatic rings. The van der Waals surface area contributed by atoms with Crippen molar-refractivity contribution in [1.82, 2.24) is 16.2 Å². The van der Waals surface area contributed by atoms with Gasteiger partial charge in [-0.15, -0.1) is 0 Å². The summed E-state index contributed by atoms with van der Waals surface area (Å²) in [7, 11) is 0. The van der Waals surface area contributed by atoms with Crippen LogP contribution in [0.25, 0.3) is 0 Å². The van der Waals surface area contributed by atoms with E-state index in [2.05, 4.69) is 5.32 Å². The average molecular weight is 408 g/mol. The summed E-state index contributed by atoms with van der Waals surface area (Å²) in [6.07, 6.45) is 0. The van der Waals surface area contributed by atoms with Crippen molar-refractivity contribution < 1.29 is 32.8 Å². The molecule has 0 unspecified atom stereocenters. The normalized spacial score (nSPS) is 10.0. The number of carbonyl (C=O) groups is 3. The Morgan fingerprint density at radius 1 is 1.03 bits per heavy atom. The molecule has 0 heterocycles. The van der Waals surface area contributed by atoms with E-state index in [9.17, 15) is 33.3 Å². The molecule has 3 amide bonds. The van der Waals surface area contributed by atoms with E-state index in [1.165, 1.54) is 24.3 Å². The number of ether oxygens (including phenoxy) is 1. The molecule has 2 rings (SSSR count). The third kappa shape index (κ3) is 6.23. The fourth-order valence-electron chi connectivity index (χ4n) is 2.02. The van der Waals surface area contributed by atoms with Gasteiger partial charge in [0.1, 0.15) is 11.6 Å². The largest absolute Gasteiger partial charge is 0.477 e. The number of nitro groups is 1. The first kappa shape index (κ1) is 21.2. The second-order valence-electron chi connectivity index (χ2n) is 5.42. The van der Waals surface area contributed by atoms with Gasteiger partial charge >= 0.3 is 5.69 Å². The lowest BCUT2D eigenvalue weighted by molar-refractivity contribution is -0.385. The number of hydrogen-bond donors (Lipinski definition) is 3. The lowest BCUT2D eigenvalue weighted by atomic mass is 10.2. The summed E-state index contributed by atoms with van der Waals surface area (Å²) in [5, 5.41) is 12.9. The SMILES string of the molecule is O=C(CNC(=O)c1ccc(F)cc1F)NNC(=O)COc1ccccc1[N+](=O)[O-]. The van der Waals surface area contributed by atoms with Crippen LogP contribution in [-0.2, 0) is 9.59 Å². The zero-order valence-corrected chi connectivity index (χ0v) is 14.6. The van der Waals surface area contributed by atoms with E-state index in [-0.39, 0.29) is 11.4 Å². The van der Waals surface area contributed by atoms with Gasteiger partial charge in [0, 0.05) is 12.1 Å². The third-order valence-corrected chi connectivity index (χ3v) is 3.35. The number of hydrogen-bond acceptors (Lipinski definition) is 6. The molecule has 12 heteroatoms. The van der Waals surface area contributed by atoms with Crippen LogP contribution in [0.5, 0.6) is 5.75 Å². The minimum absolute atomic E-state index is 0.132. The number of rotatable bonds is 7. The number of nitrogens with one attached hydrogen (secondary N) is 3. The molecule has 0 saturated heterocycles. The number of para-hydroxylation sites is 2. The van der Waals surface area contributed by atoms with Crippen LogP contribution in [0.1, 0.15) is 10.4 Å². The van der Waals surface area contributed by atoms with E-state index in [0.29, 0.717) is 6.07 Å². The van der Waals surface area contributed by atoms with Crippen LogP contribution in [0, 0.1) is 21.7 Å².